The Kier molecular flexibility index (Phi) is 4.58. The first-order chi connectivity index (χ1) is 7.56. The van der Waals surface area contributed by atoms with Gasteiger partial charge < -0.3 is 15.4 Å². The summed E-state index contributed by atoms with van der Waals surface area (Å²) in [7, 11) is 3.62. The van der Waals surface area contributed by atoms with E-state index in [0.717, 1.165) is 12.2 Å². The summed E-state index contributed by atoms with van der Waals surface area (Å²) < 4.78 is 5.00. The Morgan fingerprint density at radius 3 is 2.75 bits per heavy atom. The fourth-order valence-electron chi connectivity index (χ4n) is 1.32. The molecular formula is C11H16ClN3O. The highest BCUT2D eigenvalue weighted by atomic mass is 35.5. The fraction of sp³-hybridized carbons (Fsp3) is 0.364. The van der Waals surface area contributed by atoms with Crippen LogP contribution in [0.2, 0.25) is 5.02 Å². The molecule has 0 bridgehead atoms. The van der Waals surface area contributed by atoms with Crippen LogP contribution in [0.5, 0.6) is 0 Å². The molecule has 0 aliphatic carbocycles. The first-order valence-corrected chi connectivity index (χ1v) is 5.28. The number of hydrogen-bond donors (Lipinski definition) is 2. The smallest absolute Gasteiger partial charge is 0.124 e. The second kappa shape index (κ2) is 5.72. The molecule has 0 heterocycles. The lowest BCUT2D eigenvalue weighted by Crippen LogP contribution is -2.22. The van der Waals surface area contributed by atoms with E-state index < -0.39 is 0 Å². The maximum atomic E-state index is 7.32. The summed E-state index contributed by atoms with van der Waals surface area (Å²) in [5.74, 6) is -0.0175. The second-order valence-corrected chi connectivity index (χ2v) is 3.90. The van der Waals surface area contributed by atoms with Gasteiger partial charge in [0.1, 0.15) is 5.84 Å². The molecule has 0 saturated heterocycles. The number of methoxy groups -OCH3 is 1. The molecule has 0 spiro atoms. The lowest BCUT2D eigenvalue weighted by molar-refractivity contribution is 0.206. The van der Waals surface area contributed by atoms with Crippen LogP contribution in [0.1, 0.15) is 5.56 Å². The van der Waals surface area contributed by atoms with E-state index in [-0.39, 0.29) is 5.84 Å². The molecule has 0 aliphatic heterocycles. The van der Waals surface area contributed by atoms with Crippen LogP contribution in [0.25, 0.3) is 0 Å². The zero-order chi connectivity index (χ0) is 12.1. The summed E-state index contributed by atoms with van der Waals surface area (Å²) in [4.78, 5) is 2.03. The number of likely N-dealkylation sites (N-methyl/N-ethyl adjacent to an activating group) is 1. The van der Waals surface area contributed by atoms with Crippen LogP contribution in [0.4, 0.5) is 5.69 Å². The Morgan fingerprint density at radius 1 is 1.56 bits per heavy atom. The Hall–Kier alpha value is -1.26. The predicted octanol–water partition coefficient (Wildman–Crippen LogP) is 1.71. The molecular weight excluding hydrogens is 226 g/mol. The summed E-state index contributed by atoms with van der Waals surface area (Å²) in [6.45, 7) is 1.44. The van der Waals surface area contributed by atoms with E-state index in [1.807, 2.05) is 18.0 Å². The van der Waals surface area contributed by atoms with Gasteiger partial charge in [0.05, 0.1) is 11.6 Å². The van der Waals surface area contributed by atoms with E-state index in [1.165, 1.54) is 0 Å². The zero-order valence-electron chi connectivity index (χ0n) is 9.46. The van der Waals surface area contributed by atoms with Gasteiger partial charge in [-0.2, -0.15) is 0 Å². The molecule has 5 heteroatoms. The SMILES string of the molecule is COCCN(C)c1ccc(C(=N)N)c(Cl)c1. The van der Waals surface area contributed by atoms with Crippen molar-refractivity contribution in [2.24, 2.45) is 5.73 Å². The molecule has 3 N–H and O–H groups in total. The molecule has 1 rings (SSSR count). The van der Waals surface area contributed by atoms with E-state index in [2.05, 4.69) is 0 Å². The van der Waals surface area contributed by atoms with Crippen molar-refractivity contribution in [2.75, 3.05) is 32.2 Å². The summed E-state index contributed by atoms with van der Waals surface area (Å²) in [6.07, 6.45) is 0. The number of nitrogens with zero attached hydrogens (tertiary/aromatic N) is 1. The third-order valence-electron chi connectivity index (χ3n) is 2.31. The molecule has 16 heavy (non-hydrogen) atoms. The van der Waals surface area contributed by atoms with Crippen molar-refractivity contribution in [1.82, 2.24) is 0 Å². The Labute approximate surface area is 100 Å². The van der Waals surface area contributed by atoms with Gasteiger partial charge in [-0.1, -0.05) is 11.6 Å². The van der Waals surface area contributed by atoms with Crippen molar-refractivity contribution >= 4 is 23.1 Å². The van der Waals surface area contributed by atoms with Crippen LogP contribution in [0.15, 0.2) is 18.2 Å². The third-order valence-corrected chi connectivity index (χ3v) is 2.63. The zero-order valence-corrected chi connectivity index (χ0v) is 10.2. The quantitative estimate of drug-likeness (QED) is 0.609. The Bertz CT molecular complexity index is 381. The minimum absolute atomic E-state index is 0.0175. The topological polar surface area (TPSA) is 62.3 Å². The molecule has 0 aromatic heterocycles. The minimum Gasteiger partial charge on any atom is -0.384 e. The fourth-order valence-corrected chi connectivity index (χ4v) is 1.59. The van der Waals surface area contributed by atoms with Crippen LogP contribution >= 0.6 is 11.6 Å². The number of nitrogens with two attached hydrogens (primary N) is 1. The van der Waals surface area contributed by atoms with Crippen LogP contribution in [0, 0.1) is 5.41 Å². The van der Waals surface area contributed by atoms with Crippen LogP contribution in [-0.4, -0.2) is 33.1 Å². The normalized spacial score (nSPS) is 10.2. The maximum absolute atomic E-state index is 7.32. The van der Waals surface area contributed by atoms with E-state index in [4.69, 9.17) is 27.5 Å². The predicted molar refractivity (Wildman–Crippen MR) is 67.6 cm³/mol. The van der Waals surface area contributed by atoms with Crippen molar-refractivity contribution in [3.05, 3.63) is 28.8 Å². The number of amidine groups is 1. The molecule has 88 valence electrons. The number of nitrogen functional groups attached to an aromatic ring is 1. The van der Waals surface area contributed by atoms with Gasteiger partial charge in [-0.3, -0.25) is 5.41 Å². The van der Waals surface area contributed by atoms with Gasteiger partial charge >= 0.3 is 0 Å². The highest BCUT2D eigenvalue weighted by molar-refractivity contribution is 6.34. The second-order valence-electron chi connectivity index (χ2n) is 3.49. The van der Waals surface area contributed by atoms with Crippen molar-refractivity contribution in [3.8, 4) is 0 Å². The lowest BCUT2D eigenvalue weighted by Gasteiger charge is -2.19. The number of anilines is 1. The van der Waals surface area contributed by atoms with Crippen molar-refractivity contribution in [3.63, 3.8) is 0 Å². The molecule has 1 aromatic carbocycles. The van der Waals surface area contributed by atoms with E-state index in [9.17, 15) is 0 Å². The molecule has 0 amide bonds. The minimum atomic E-state index is -0.0175. The number of halogens is 1. The average molecular weight is 242 g/mol. The number of hydrogen-bond acceptors (Lipinski definition) is 3. The van der Waals surface area contributed by atoms with Gasteiger partial charge in [0, 0.05) is 32.0 Å². The van der Waals surface area contributed by atoms with Crippen molar-refractivity contribution in [1.29, 1.82) is 5.41 Å². The Morgan fingerprint density at radius 2 is 2.25 bits per heavy atom. The van der Waals surface area contributed by atoms with Crippen molar-refractivity contribution in [2.45, 2.75) is 0 Å². The summed E-state index contributed by atoms with van der Waals surface area (Å²) in [5, 5.41) is 7.82. The molecule has 0 aliphatic rings. The van der Waals surface area contributed by atoms with Gasteiger partial charge in [0.15, 0.2) is 0 Å². The number of benzene rings is 1. The molecule has 0 atom stereocenters. The number of rotatable bonds is 5. The van der Waals surface area contributed by atoms with Crippen LogP contribution < -0.4 is 10.6 Å². The monoisotopic (exact) mass is 241 g/mol. The van der Waals surface area contributed by atoms with Crippen LogP contribution in [0.3, 0.4) is 0 Å². The first kappa shape index (κ1) is 12.8. The van der Waals surface area contributed by atoms with Gasteiger partial charge in [-0.05, 0) is 18.2 Å². The lowest BCUT2D eigenvalue weighted by atomic mass is 10.2. The molecule has 0 radical (unpaired) electrons. The summed E-state index contributed by atoms with van der Waals surface area (Å²) >= 11 is 6.02. The summed E-state index contributed by atoms with van der Waals surface area (Å²) in [5.41, 5.74) is 6.93. The van der Waals surface area contributed by atoms with Gasteiger partial charge in [0.2, 0.25) is 0 Å². The highest BCUT2D eigenvalue weighted by Gasteiger charge is 2.06. The van der Waals surface area contributed by atoms with E-state index in [0.29, 0.717) is 17.2 Å². The first-order valence-electron chi connectivity index (χ1n) is 4.90. The standard InChI is InChI=1S/C11H16ClN3O/c1-15(5-6-16-2)8-3-4-9(11(13)14)10(12)7-8/h3-4,7H,5-6H2,1-2H3,(H3,13,14). The molecule has 0 fully saturated rings. The van der Waals surface area contributed by atoms with Gasteiger partial charge in [-0.15, -0.1) is 0 Å². The largest absolute Gasteiger partial charge is 0.384 e. The Balaban J connectivity index is 2.84. The molecule has 0 unspecified atom stereocenters. The van der Waals surface area contributed by atoms with E-state index in [1.54, 1.807) is 19.2 Å². The molecule has 0 saturated carbocycles. The van der Waals surface area contributed by atoms with Gasteiger partial charge in [-0.25, -0.2) is 0 Å². The van der Waals surface area contributed by atoms with Crippen LogP contribution in [-0.2, 0) is 4.74 Å². The summed E-state index contributed by atoms with van der Waals surface area (Å²) in [6, 6.07) is 5.44. The van der Waals surface area contributed by atoms with Gasteiger partial charge in [0.25, 0.3) is 0 Å². The molecule has 1 aromatic rings. The van der Waals surface area contributed by atoms with E-state index >= 15 is 0 Å². The number of ether oxygens (including phenoxy) is 1. The average Bonchev–Trinajstić information content (AvgIpc) is 2.25. The third kappa shape index (κ3) is 3.12. The number of nitrogens with one attached hydrogen (secondary N) is 1. The molecule has 4 nitrogen and oxygen atoms in total. The highest BCUT2D eigenvalue weighted by Crippen LogP contribution is 2.22. The van der Waals surface area contributed by atoms with Crippen molar-refractivity contribution < 1.29 is 4.74 Å². The maximum Gasteiger partial charge on any atom is 0.124 e.